The Morgan fingerprint density at radius 1 is 0.463 bits per heavy atom. The molecule has 1 aromatic rings. The molecule has 123 heavy (non-hydrogen) atoms. The Labute approximate surface area is 761 Å². The van der Waals surface area contributed by atoms with Crippen LogP contribution in [-0.2, 0) is 25.5 Å². The Hall–Kier alpha value is -5.36. The number of rotatable bonds is 9. The van der Waals surface area contributed by atoms with Crippen molar-refractivity contribution in [2.75, 3.05) is 34.4 Å². The van der Waals surface area contributed by atoms with Gasteiger partial charge in [0.2, 0.25) is 0 Å². The normalized spacial score (nSPS) is 37.9. The van der Waals surface area contributed by atoms with E-state index in [2.05, 4.69) is 236 Å². The Kier molecular flexibility index (Phi) is 50.0. The van der Waals surface area contributed by atoms with Crippen molar-refractivity contribution in [2.24, 2.45) is 204 Å². The number of aryl methyl sites for hydroxylation is 1. The summed E-state index contributed by atoms with van der Waals surface area (Å²) in [6.07, 6.45) is 86.0. The van der Waals surface area contributed by atoms with E-state index in [9.17, 15) is 14.7 Å². The van der Waals surface area contributed by atoms with Gasteiger partial charge in [-0.25, -0.2) is 0 Å². The molecule has 0 aromatic heterocycles. The third-order valence-electron chi connectivity index (χ3n) is 31.6. The van der Waals surface area contributed by atoms with Crippen LogP contribution in [0.25, 0.3) is 0 Å². The number of benzene rings is 1. The van der Waals surface area contributed by atoms with Crippen molar-refractivity contribution in [3.8, 4) is 0 Å². The van der Waals surface area contributed by atoms with Gasteiger partial charge in [0.25, 0.3) is 0 Å². The van der Waals surface area contributed by atoms with E-state index in [4.69, 9.17) is 31.0 Å². The number of carbonyl (C=O) groups is 2. The first kappa shape index (κ1) is 108. The molecule has 23 rings (SSSR count). The molecule has 11 nitrogen and oxygen atoms in total. The van der Waals surface area contributed by atoms with Crippen LogP contribution in [0.3, 0.4) is 0 Å². The van der Waals surface area contributed by atoms with Crippen LogP contribution in [0.4, 0.5) is 0 Å². The summed E-state index contributed by atoms with van der Waals surface area (Å²) < 4.78 is 19.1. The van der Waals surface area contributed by atoms with Crippen molar-refractivity contribution in [3.63, 3.8) is 0 Å². The van der Waals surface area contributed by atoms with Crippen molar-refractivity contribution in [3.05, 3.63) is 157 Å². The number of methoxy groups -OCH3 is 1. The number of aliphatic hydroxyl groups is 1. The van der Waals surface area contributed by atoms with E-state index in [0.29, 0.717) is 30.3 Å². The van der Waals surface area contributed by atoms with Crippen molar-refractivity contribution in [2.45, 2.75) is 278 Å². The number of allylic oxidation sites excluding steroid dienone is 20. The molecule has 0 amide bonds. The van der Waals surface area contributed by atoms with Gasteiger partial charge >= 0.3 is 121 Å². The van der Waals surface area contributed by atoms with Gasteiger partial charge in [0.1, 0.15) is 0 Å². The van der Waals surface area contributed by atoms with Crippen LogP contribution >= 0.6 is 0 Å². The fourth-order valence-corrected chi connectivity index (χ4v) is 25.3. The molecule has 0 spiro atoms. The molecule has 12 fully saturated rings. The van der Waals surface area contributed by atoms with E-state index in [1.807, 2.05) is 13.8 Å². The van der Waals surface area contributed by atoms with E-state index >= 15 is 0 Å². The fourth-order valence-electron chi connectivity index (χ4n) is 25.3. The zero-order chi connectivity index (χ0) is 88.1. The predicted molar refractivity (Wildman–Crippen MR) is 527 cm³/mol. The predicted octanol–water partition coefficient (Wildman–Crippen LogP) is 26.8. The number of fused-ring (bicyclic) bond motifs is 27. The van der Waals surface area contributed by atoms with Crippen LogP contribution in [0.2, 0.25) is 0 Å². The molecular formula is C107H176B5N5O6. The summed E-state index contributed by atoms with van der Waals surface area (Å²) in [6, 6.07) is 10.9. The number of nitrogens with zero attached hydrogens (tertiary/aromatic N) is 3. The first-order valence-corrected chi connectivity index (χ1v) is 47.5. The minimum absolute atomic E-state index is 0. The van der Waals surface area contributed by atoms with Gasteiger partial charge in [-0.3, -0.25) is 9.59 Å². The summed E-state index contributed by atoms with van der Waals surface area (Å²) in [5, 5.41) is 27.9. The molecule has 22 bridgehead atoms. The maximum absolute atomic E-state index is 10.6. The fraction of sp³-hybridized carbons (Fsp3) is 0.738. The molecule has 22 aliphatic rings. The van der Waals surface area contributed by atoms with E-state index in [-0.39, 0.29) is 41.6 Å². The van der Waals surface area contributed by atoms with Crippen LogP contribution in [0, 0.1) is 200 Å². The number of unbranched alkanes of at least 4 members (excludes halogenated alkanes) is 1. The number of hydrogen-bond acceptors (Lipinski definition) is 10. The third-order valence-corrected chi connectivity index (χ3v) is 31.6. The number of hydrogen-bond donors (Lipinski definition) is 4. The van der Waals surface area contributed by atoms with Crippen molar-refractivity contribution < 1.29 is 32.2 Å². The second-order valence-corrected chi connectivity index (χ2v) is 40.5. The molecule has 680 valence electrons. The summed E-state index contributed by atoms with van der Waals surface area (Å²) >= 11 is 0. The standard InChI is InChI=1S/C15H18.C12H16.C10H14O2.C10H16O.5C8H12.C7H10.C4H9BN.C3H6O2.CH4BNO.CH3BN.4CH4.2BHN.H2/c1-2-4-12(5-3-1)6-8-14-10-13-7-9-15(14)11-13;1-2-8-5-7(1)11-9-3-4-10(6-9)12(8)11;1-7(11)12-6-10-5-8-2-3-9(10)4-8;1-10(2,11)9-6-7-3-4-8(9)5-7;5*1-6-4-7-2-3-8(6)5-7;1-2-7-4-3-6(1)5-7;1-2-3-4-6-5;1-3(4)5-2;1-3-2-4;1-3-2;;;;;2*1-2;/h1-5,7,9,13-15H,6,8,10-11H2;1-2,7-12H,3-6H2;2-3,8-10H,4-6H2,1H3;3-4,7-9,11H,5-6H2,1-2H3;5*2-3,6-8H,4-5H2,1H3;1-2,6-7H,3-5H2;2-4H2,1H3;1-2H3;4H,1H3;1H3;4*1H4;2*2H;1H/i;;;;;;;;;;;;;;;;;;;;1+2D. The Morgan fingerprint density at radius 3 is 0.992 bits per heavy atom. The zero-order valence-electron chi connectivity index (χ0n) is 78.2. The molecule has 4 radical (unpaired) electrons. The number of ether oxygens (including phenoxy) is 2. The van der Waals surface area contributed by atoms with E-state index in [0.717, 1.165) is 186 Å². The van der Waals surface area contributed by atoms with Crippen molar-refractivity contribution in [1.29, 1.82) is 10.6 Å². The van der Waals surface area contributed by atoms with Crippen LogP contribution in [0.5, 0.6) is 0 Å². The van der Waals surface area contributed by atoms with Crippen LogP contribution in [0.1, 0.15) is 274 Å². The van der Waals surface area contributed by atoms with Crippen LogP contribution < -0.4 is 0 Å². The molecule has 1 aromatic carbocycles. The van der Waals surface area contributed by atoms with E-state index in [1.165, 1.54) is 188 Å². The average Bonchev–Trinajstić information content (AvgIpc) is 1.56. The quantitative estimate of drug-likeness (QED) is 0.0628. The first-order valence-electron chi connectivity index (χ1n) is 48.5. The van der Waals surface area contributed by atoms with E-state index < -0.39 is 5.60 Å². The van der Waals surface area contributed by atoms with Gasteiger partial charge in [-0.2, -0.15) is 0 Å². The molecule has 0 saturated heterocycles. The van der Waals surface area contributed by atoms with Crippen molar-refractivity contribution in [1.82, 2.24) is 0 Å². The second-order valence-electron chi connectivity index (χ2n) is 40.5. The molecule has 12 saturated carbocycles. The van der Waals surface area contributed by atoms with Crippen LogP contribution in [0.15, 0.2) is 167 Å². The van der Waals surface area contributed by atoms with Crippen molar-refractivity contribution >= 4 is 49.8 Å². The topological polar surface area (TPSA) is 178 Å². The Morgan fingerprint density at radius 2 is 0.780 bits per heavy atom. The van der Waals surface area contributed by atoms with Crippen LogP contribution in [-0.4, -0.2) is 99.9 Å². The molecule has 32 unspecified atom stereocenters. The summed E-state index contributed by atoms with van der Waals surface area (Å²) in [6.45, 7) is 22.1. The molecule has 22 aliphatic carbocycles. The molecular weight excluding hydrogens is 1510 g/mol. The molecule has 0 aliphatic heterocycles. The van der Waals surface area contributed by atoms with Gasteiger partial charge in [-0.15, -0.1) is 0 Å². The third kappa shape index (κ3) is 33.9. The van der Waals surface area contributed by atoms with Gasteiger partial charge < -0.3 is 14.6 Å². The minimum atomic E-state index is -0.468. The second kappa shape index (κ2) is 56.9. The summed E-state index contributed by atoms with van der Waals surface area (Å²) in [5.74, 6) is 29.7. The Balaban J connectivity index is 0.000000350. The summed E-state index contributed by atoms with van der Waals surface area (Å²) in [4.78, 5) is 29.7. The summed E-state index contributed by atoms with van der Waals surface area (Å²) in [7, 11) is 21.9. The summed E-state index contributed by atoms with van der Waals surface area (Å²) in [5.41, 5.74) is 1.04. The van der Waals surface area contributed by atoms with Gasteiger partial charge in [0.15, 0.2) is 0 Å². The van der Waals surface area contributed by atoms with Gasteiger partial charge in [0.05, 0.1) is 19.3 Å². The van der Waals surface area contributed by atoms with Gasteiger partial charge in [-0.05, 0) is 369 Å². The SMILES string of the molecule is C.C.C.C.C1=CC2CC1C1C3CCC(C3)C21.C1=CC2CC1CC2CCc1ccccc1.C1=CC2CCC1C2.CC(=O)OCC1CC2C=CC1C2.CC(C)(O)C1CC2C=CC1C2.CC1CC2C=CC1C2.CC1CC2C=CC1C2.CC1CC2C=CC1C2.CC1CC2C=CC1C2.CC1CC2C=CC1C2.CN=BO.COC(C)=O.[2H][3H].[B]=N.[B]=N.[B]=NC.[B]=NCCCC. The van der Waals surface area contributed by atoms with Gasteiger partial charge in [0, 0.05) is 16.8 Å². The average molecular weight is 1690 g/mol. The Bertz CT molecular complexity index is 3340. The maximum atomic E-state index is 10.6. The first-order chi connectivity index (χ1) is 58.4. The number of nitrogens with one attached hydrogen (secondary N) is 2. The molecule has 16 heteroatoms. The molecule has 0 heterocycles. The number of carbonyl (C=O) groups excluding carboxylic acids is 2. The monoisotopic (exact) mass is 1690 g/mol. The van der Waals surface area contributed by atoms with Gasteiger partial charge in [-0.1, -0.05) is 216 Å². The van der Waals surface area contributed by atoms with E-state index in [1.54, 1.807) is 19.3 Å². The molecule has 4 N–H and O–H groups in total. The molecule has 32 atom stereocenters. The zero-order valence-corrected chi connectivity index (χ0v) is 76.2. The number of esters is 2.